The van der Waals surface area contributed by atoms with Gasteiger partial charge in [-0.2, -0.15) is 0 Å². The molecule has 2 aromatic rings. The Kier molecular flexibility index (Phi) is 5.99. The molecular formula is C20H20N2O5S. The quantitative estimate of drug-likeness (QED) is 0.331. The predicted molar refractivity (Wildman–Crippen MR) is 105 cm³/mol. The van der Waals surface area contributed by atoms with Gasteiger partial charge >= 0.3 is 5.97 Å². The molecule has 0 fully saturated rings. The smallest absolute Gasteiger partial charge is 0.339 e. The molecule has 0 unspecified atom stereocenters. The minimum Gasteiger partial charge on any atom is -0.449 e. The second-order valence-corrected chi connectivity index (χ2v) is 7.32. The number of hydrogen-bond donors (Lipinski definition) is 0. The Morgan fingerprint density at radius 2 is 1.93 bits per heavy atom. The highest BCUT2D eigenvalue weighted by atomic mass is 32.2. The maximum atomic E-state index is 12.7. The summed E-state index contributed by atoms with van der Waals surface area (Å²) in [5, 5.41) is 11.2. The van der Waals surface area contributed by atoms with Gasteiger partial charge in [-0.25, -0.2) is 4.79 Å². The summed E-state index contributed by atoms with van der Waals surface area (Å²) >= 11 is 1.22. The maximum Gasteiger partial charge on any atom is 0.339 e. The molecule has 0 saturated carbocycles. The number of nitro groups is 1. The highest BCUT2D eigenvalue weighted by Crippen LogP contribution is 2.28. The number of ether oxygens (including phenoxy) is 1. The number of nitrogens with zero attached hydrogens (tertiary/aromatic N) is 2. The third kappa shape index (κ3) is 4.17. The van der Waals surface area contributed by atoms with Crippen molar-refractivity contribution < 1.29 is 19.2 Å². The highest BCUT2D eigenvalue weighted by molar-refractivity contribution is 7.98. The fourth-order valence-electron chi connectivity index (χ4n) is 3.18. The molecule has 1 atom stereocenters. The van der Waals surface area contributed by atoms with E-state index in [-0.39, 0.29) is 17.2 Å². The molecule has 0 spiro atoms. The van der Waals surface area contributed by atoms with Gasteiger partial charge in [-0.05, 0) is 42.9 Å². The molecule has 0 N–H and O–H groups in total. The summed E-state index contributed by atoms with van der Waals surface area (Å²) in [7, 11) is 0. The van der Waals surface area contributed by atoms with E-state index in [1.165, 1.54) is 42.4 Å². The zero-order valence-electron chi connectivity index (χ0n) is 15.6. The second kappa shape index (κ2) is 8.43. The maximum absolute atomic E-state index is 12.7. The topological polar surface area (TPSA) is 89.8 Å². The molecular weight excluding hydrogens is 380 g/mol. The number of benzene rings is 2. The largest absolute Gasteiger partial charge is 0.449 e. The van der Waals surface area contributed by atoms with E-state index < -0.39 is 17.0 Å². The molecule has 0 aromatic heterocycles. The van der Waals surface area contributed by atoms with Crippen molar-refractivity contribution in [1.29, 1.82) is 0 Å². The standard InChI is InChI=1S/C20H20N2O5S/c1-13(19(23)21-10-9-14-5-3-4-6-16(14)12-21)27-20(24)15-7-8-18(28-2)17(11-15)22(25)26/h3-8,11,13H,9-10,12H2,1-2H3/t13-/m0/s1. The molecule has 0 bridgehead atoms. The van der Waals surface area contributed by atoms with E-state index in [0.717, 1.165) is 12.0 Å². The first kappa shape index (κ1) is 19.9. The van der Waals surface area contributed by atoms with Crippen LogP contribution in [0, 0.1) is 10.1 Å². The zero-order valence-corrected chi connectivity index (χ0v) is 16.4. The summed E-state index contributed by atoms with van der Waals surface area (Å²) in [4.78, 5) is 37.8. The average Bonchev–Trinajstić information content (AvgIpc) is 2.72. The number of carbonyl (C=O) groups is 2. The van der Waals surface area contributed by atoms with Crippen LogP contribution in [0.3, 0.4) is 0 Å². The molecule has 28 heavy (non-hydrogen) atoms. The Balaban J connectivity index is 1.68. The van der Waals surface area contributed by atoms with Crippen molar-refractivity contribution in [2.24, 2.45) is 0 Å². The van der Waals surface area contributed by atoms with Crippen molar-refractivity contribution in [2.45, 2.75) is 30.9 Å². The Labute approximate surface area is 166 Å². The van der Waals surface area contributed by atoms with Crippen LogP contribution in [0.25, 0.3) is 0 Å². The van der Waals surface area contributed by atoms with Crippen LogP contribution in [0.2, 0.25) is 0 Å². The molecule has 1 heterocycles. The van der Waals surface area contributed by atoms with E-state index in [1.807, 2.05) is 24.3 Å². The van der Waals surface area contributed by atoms with E-state index in [4.69, 9.17) is 4.74 Å². The Morgan fingerprint density at radius 3 is 2.61 bits per heavy atom. The van der Waals surface area contributed by atoms with Crippen LogP contribution in [-0.4, -0.2) is 40.6 Å². The van der Waals surface area contributed by atoms with Crippen molar-refractivity contribution in [3.05, 3.63) is 69.3 Å². The first-order valence-corrected chi connectivity index (χ1v) is 10.0. The van der Waals surface area contributed by atoms with Crippen LogP contribution in [-0.2, 0) is 22.5 Å². The summed E-state index contributed by atoms with van der Waals surface area (Å²) < 4.78 is 5.29. The zero-order chi connectivity index (χ0) is 20.3. The molecule has 0 saturated heterocycles. The van der Waals surface area contributed by atoms with Gasteiger partial charge in [0.25, 0.3) is 11.6 Å². The number of thioether (sulfide) groups is 1. The van der Waals surface area contributed by atoms with Gasteiger partial charge < -0.3 is 9.64 Å². The molecule has 1 aliphatic rings. The Hall–Kier alpha value is -2.87. The van der Waals surface area contributed by atoms with Crippen LogP contribution in [0.5, 0.6) is 0 Å². The summed E-state index contributed by atoms with van der Waals surface area (Å²) in [5.41, 5.74) is 2.20. The molecule has 8 heteroatoms. The lowest BCUT2D eigenvalue weighted by Crippen LogP contribution is -2.42. The summed E-state index contributed by atoms with van der Waals surface area (Å²) in [6.45, 7) is 2.56. The van der Waals surface area contributed by atoms with E-state index in [0.29, 0.717) is 18.0 Å². The minimum atomic E-state index is -0.975. The summed E-state index contributed by atoms with van der Waals surface area (Å²) in [5.74, 6) is -1.04. The first-order chi connectivity index (χ1) is 13.4. The number of fused-ring (bicyclic) bond motifs is 1. The molecule has 7 nitrogen and oxygen atoms in total. The van der Waals surface area contributed by atoms with Crippen molar-refractivity contribution in [1.82, 2.24) is 4.90 Å². The third-order valence-electron chi connectivity index (χ3n) is 4.69. The van der Waals surface area contributed by atoms with E-state index in [2.05, 4.69) is 0 Å². The fourth-order valence-corrected chi connectivity index (χ4v) is 3.73. The van der Waals surface area contributed by atoms with Gasteiger partial charge in [0.05, 0.1) is 15.4 Å². The van der Waals surface area contributed by atoms with E-state index >= 15 is 0 Å². The van der Waals surface area contributed by atoms with Gasteiger partial charge in [-0.15, -0.1) is 11.8 Å². The summed E-state index contributed by atoms with van der Waals surface area (Å²) in [6, 6.07) is 12.1. The van der Waals surface area contributed by atoms with Gasteiger partial charge in [-0.3, -0.25) is 14.9 Å². The number of rotatable bonds is 5. The van der Waals surface area contributed by atoms with E-state index in [9.17, 15) is 19.7 Å². The number of hydrogen-bond acceptors (Lipinski definition) is 6. The minimum absolute atomic E-state index is 0.0492. The van der Waals surface area contributed by atoms with Crippen molar-refractivity contribution in [2.75, 3.05) is 12.8 Å². The highest BCUT2D eigenvalue weighted by Gasteiger charge is 2.28. The lowest BCUT2D eigenvalue weighted by molar-refractivity contribution is -0.387. The van der Waals surface area contributed by atoms with Gasteiger partial charge in [0, 0.05) is 19.2 Å². The molecule has 0 aliphatic carbocycles. The average molecular weight is 400 g/mol. The van der Waals surface area contributed by atoms with Crippen LogP contribution >= 0.6 is 11.8 Å². The SMILES string of the molecule is CSc1ccc(C(=O)O[C@@H](C)C(=O)N2CCc3ccccc3C2)cc1[N+](=O)[O-]. The predicted octanol–water partition coefficient (Wildman–Crippen LogP) is 3.45. The molecule has 146 valence electrons. The van der Waals surface area contributed by atoms with Crippen LogP contribution < -0.4 is 0 Å². The van der Waals surface area contributed by atoms with Crippen molar-refractivity contribution in [3.8, 4) is 0 Å². The van der Waals surface area contributed by atoms with Gasteiger partial charge in [0.15, 0.2) is 6.10 Å². The Morgan fingerprint density at radius 1 is 1.21 bits per heavy atom. The van der Waals surface area contributed by atoms with Gasteiger partial charge in [0.1, 0.15) is 0 Å². The summed E-state index contributed by atoms with van der Waals surface area (Å²) in [6.07, 6.45) is 1.50. The molecule has 0 radical (unpaired) electrons. The second-order valence-electron chi connectivity index (χ2n) is 6.47. The number of amides is 1. The van der Waals surface area contributed by atoms with Crippen LogP contribution in [0.15, 0.2) is 47.4 Å². The first-order valence-electron chi connectivity index (χ1n) is 8.79. The van der Waals surface area contributed by atoms with Gasteiger partial charge in [-0.1, -0.05) is 24.3 Å². The number of nitro benzene ring substituents is 1. The molecule has 2 aromatic carbocycles. The normalized spacial score (nSPS) is 14.1. The van der Waals surface area contributed by atoms with E-state index in [1.54, 1.807) is 11.2 Å². The third-order valence-corrected chi connectivity index (χ3v) is 5.47. The lowest BCUT2D eigenvalue weighted by atomic mass is 9.99. The van der Waals surface area contributed by atoms with Gasteiger partial charge in [0.2, 0.25) is 0 Å². The number of esters is 1. The van der Waals surface area contributed by atoms with Crippen LogP contribution in [0.4, 0.5) is 5.69 Å². The Bertz CT molecular complexity index is 931. The molecule has 3 rings (SSSR count). The lowest BCUT2D eigenvalue weighted by Gasteiger charge is -2.30. The van der Waals surface area contributed by atoms with Crippen molar-refractivity contribution in [3.63, 3.8) is 0 Å². The molecule has 1 aliphatic heterocycles. The fraction of sp³-hybridized carbons (Fsp3) is 0.300. The monoisotopic (exact) mass is 400 g/mol. The van der Waals surface area contributed by atoms with Crippen LogP contribution in [0.1, 0.15) is 28.4 Å². The van der Waals surface area contributed by atoms with Crippen molar-refractivity contribution >= 4 is 29.3 Å². The number of carbonyl (C=O) groups excluding carboxylic acids is 2. The molecule has 1 amide bonds.